The van der Waals surface area contributed by atoms with E-state index in [0.717, 1.165) is 0 Å². The fourth-order valence-corrected chi connectivity index (χ4v) is 19.4. The van der Waals surface area contributed by atoms with Crippen molar-refractivity contribution in [1.29, 1.82) is 0 Å². The van der Waals surface area contributed by atoms with Crippen LogP contribution in [-0.4, -0.2) is 23.4 Å². The monoisotopic (exact) mass is 403 g/mol. The molecule has 0 aliphatic rings. The number of hydrogen-bond donors (Lipinski definition) is 0. The van der Waals surface area contributed by atoms with Crippen LogP contribution in [-0.2, 0) is 0 Å². The molecule has 1 rings (SSSR count). The van der Waals surface area contributed by atoms with Gasteiger partial charge in [0.1, 0.15) is 0 Å². The molecule has 0 aliphatic heterocycles. The molecule has 0 aliphatic carbocycles. The second kappa shape index (κ2) is 10.0. The zero-order chi connectivity index (χ0) is 14.8. The molecular formula is C17H30ClNSn. The Morgan fingerprint density at radius 3 is 1.85 bits per heavy atom. The molecule has 0 fully saturated rings. The van der Waals surface area contributed by atoms with Crippen molar-refractivity contribution in [3.63, 3.8) is 0 Å². The molecule has 20 heavy (non-hydrogen) atoms. The Labute approximate surface area is 134 Å². The molecule has 1 aromatic rings. The molecule has 0 radical (unpaired) electrons. The molecule has 0 amide bonds. The number of aromatic nitrogens is 1. The van der Waals surface area contributed by atoms with Gasteiger partial charge in [0.25, 0.3) is 0 Å². The average Bonchev–Trinajstić information content (AvgIpc) is 2.47. The molecule has 1 nitrogen and oxygen atoms in total. The predicted molar refractivity (Wildman–Crippen MR) is 93.8 cm³/mol. The third-order valence-corrected chi connectivity index (χ3v) is 20.2. The van der Waals surface area contributed by atoms with E-state index < -0.39 is 18.4 Å². The van der Waals surface area contributed by atoms with Crippen molar-refractivity contribution in [2.75, 3.05) is 0 Å². The zero-order valence-electron chi connectivity index (χ0n) is 13.4. The first kappa shape index (κ1) is 18.3. The van der Waals surface area contributed by atoms with Gasteiger partial charge < -0.3 is 0 Å². The molecule has 0 unspecified atom stereocenters. The van der Waals surface area contributed by atoms with Crippen molar-refractivity contribution in [1.82, 2.24) is 4.98 Å². The first-order valence-electron chi connectivity index (χ1n) is 8.30. The first-order valence-corrected chi connectivity index (χ1v) is 16.2. The van der Waals surface area contributed by atoms with E-state index in [1.807, 2.05) is 6.20 Å². The van der Waals surface area contributed by atoms with Gasteiger partial charge >= 0.3 is 135 Å². The summed E-state index contributed by atoms with van der Waals surface area (Å²) < 4.78 is 6.09. The van der Waals surface area contributed by atoms with Crippen LogP contribution in [0, 0.1) is 0 Å². The Morgan fingerprint density at radius 2 is 1.45 bits per heavy atom. The number of pyridine rings is 1. The molecule has 0 spiro atoms. The third-order valence-electron chi connectivity index (χ3n) is 4.37. The van der Waals surface area contributed by atoms with E-state index in [9.17, 15) is 0 Å². The Hall–Kier alpha value is 0.239. The quantitative estimate of drug-likeness (QED) is 0.356. The van der Waals surface area contributed by atoms with Gasteiger partial charge in [-0.3, -0.25) is 0 Å². The van der Waals surface area contributed by atoms with E-state index in [4.69, 9.17) is 11.6 Å². The molecule has 3 heteroatoms. The van der Waals surface area contributed by atoms with Crippen LogP contribution in [0.4, 0.5) is 0 Å². The van der Waals surface area contributed by atoms with E-state index in [1.54, 1.807) is 3.58 Å². The van der Waals surface area contributed by atoms with Gasteiger partial charge in [-0.15, -0.1) is 0 Å². The van der Waals surface area contributed by atoms with E-state index >= 15 is 0 Å². The van der Waals surface area contributed by atoms with E-state index in [-0.39, 0.29) is 0 Å². The molecule has 1 aromatic heterocycles. The summed E-state index contributed by atoms with van der Waals surface area (Å²) in [6, 6.07) is 4.47. The zero-order valence-corrected chi connectivity index (χ0v) is 17.0. The van der Waals surface area contributed by atoms with E-state index in [1.165, 1.54) is 51.8 Å². The van der Waals surface area contributed by atoms with Crippen molar-refractivity contribution in [2.24, 2.45) is 0 Å². The fourth-order valence-electron chi connectivity index (χ4n) is 3.09. The molecule has 1 heterocycles. The van der Waals surface area contributed by atoms with Crippen LogP contribution < -0.4 is 3.58 Å². The SMILES string of the molecule is CCC[CH2][Sn]([CH2]CCC)([CH2]CCC)[c]1ccnc(Cl)c1. The molecule has 0 aromatic carbocycles. The number of hydrogen-bond acceptors (Lipinski definition) is 1. The van der Waals surface area contributed by atoms with Crippen molar-refractivity contribution in [3.8, 4) is 0 Å². The summed E-state index contributed by atoms with van der Waals surface area (Å²) in [5.41, 5.74) is 0. The van der Waals surface area contributed by atoms with Gasteiger partial charge in [-0.2, -0.15) is 0 Å². The molecule has 0 saturated carbocycles. The minimum absolute atomic E-state index is 0.688. The maximum atomic E-state index is 6.18. The average molecular weight is 403 g/mol. The van der Waals surface area contributed by atoms with Gasteiger partial charge in [0.15, 0.2) is 0 Å². The Bertz CT molecular complexity index is 359. The van der Waals surface area contributed by atoms with Crippen molar-refractivity contribution >= 4 is 33.6 Å². The maximum absolute atomic E-state index is 6.18. The summed E-state index contributed by atoms with van der Waals surface area (Å²) in [7, 11) is 0. The van der Waals surface area contributed by atoms with E-state index in [0.29, 0.717) is 5.15 Å². The third kappa shape index (κ3) is 5.55. The summed E-state index contributed by atoms with van der Waals surface area (Å²) in [5.74, 6) is 0. The summed E-state index contributed by atoms with van der Waals surface area (Å²) in [5, 5.41) is 0.688. The summed E-state index contributed by atoms with van der Waals surface area (Å²) in [4.78, 5) is 4.19. The van der Waals surface area contributed by atoms with Gasteiger partial charge in [-0.25, -0.2) is 0 Å². The van der Waals surface area contributed by atoms with Crippen LogP contribution in [0.1, 0.15) is 59.3 Å². The number of rotatable bonds is 10. The van der Waals surface area contributed by atoms with E-state index in [2.05, 4.69) is 37.9 Å². The van der Waals surface area contributed by atoms with Crippen LogP contribution in [0.2, 0.25) is 18.5 Å². The van der Waals surface area contributed by atoms with Gasteiger partial charge in [-0.1, -0.05) is 0 Å². The standard InChI is InChI=1S/C5H3ClN.3C4H9.Sn/c6-5-3-1-2-4-7-5;3*1-3-4-2;/h2-4H;3*1,3-4H2,2H3;. The summed E-state index contributed by atoms with van der Waals surface area (Å²) >= 11 is 3.91. The predicted octanol–water partition coefficient (Wildman–Crippen LogP) is 5.79. The second-order valence-corrected chi connectivity index (χ2v) is 19.6. The van der Waals surface area contributed by atoms with Crippen molar-refractivity contribution in [2.45, 2.75) is 72.6 Å². The van der Waals surface area contributed by atoms with Crippen LogP contribution >= 0.6 is 11.6 Å². The van der Waals surface area contributed by atoms with Crippen LogP contribution in [0.3, 0.4) is 0 Å². The Kier molecular flexibility index (Phi) is 9.19. The van der Waals surface area contributed by atoms with Gasteiger partial charge in [0, 0.05) is 0 Å². The topological polar surface area (TPSA) is 12.9 Å². The number of halogens is 1. The normalized spacial score (nSPS) is 11.8. The van der Waals surface area contributed by atoms with Crippen LogP contribution in [0.5, 0.6) is 0 Å². The van der Waals surface area contributed by atoms with Crippen molar-refractivity contribution < 1.29 is 0 Å². The summed E-state index contributed by atoms with van der Waals surface area (Å²) in [6.45, 7) is 6.95. The second-order valence-electron chi connectivity index (χ2n) is 5.96. The summed E-state index contributed by atoms with van der Waals surface area (Å²) in [6.07, 6.45) is 10.0. The number of nitrogens with zero attached hydrogens (tertiary/aromatic N) is 1. The molecule has 0 N–H and O–H groups in total. The van der Waals surface area contributed by atoms with Crippen LogP contribution in [0.15, 0.2) is 18.3 Å². The fraction of sp³-hybridized carbons (Fsp3) is 0.706. The Balaban J connectivity index is 3.04. The molecule has 0 bridgehead atoms. The first-order chi connectivity index (χ1) is 9.68. The Morgan fingerprint density at radius 1 is 0.950 bits per heavy atom. The molecule has 114 valence electrons. The molecular weight excluding hydrogens is 372 g/mol. The van der Waals surface area contributed by atoms with Crippen molar-refractivity contribution in [3.05, 3.63) is 23.5 Å². The molecule has 0 atom stereocenters. The van der Waals surface area contributed by atoms with Gasteiger partial charge in [0.2, 0.25) is 0 Å². The van der Waals surface area contributed by atoms with Gasteiger partial charge in [-0.05, 0) is 0 Å². The molecule has 0 saturated heterocycles. The number of unbranched alkanes of at least 4 members (excludes halogenated alkanes) is 3. The minimum atomic E-state index is -2.26. The van der Waals surface area contributed by atoms with Gasteiger partial charge in [0.05, 0.1) is 0 Å². The van der Waals surface area contributed by atoms with Crippen LogP contribution in [0.25, 0.3) is 0 Å².